The van der Waals surface area contributed by atoms with Gasteiger partial charge < -0.3 is 10.1 Å². The highest BCUT2D eigenvalue weighted by Gasteiger charge is 2.23. The van der Waals surface area contributed by atoms with Crippen LogP contribution in [0, 0.1) is 5.41 Å². The second kappa shape index (κ2) is 8.10. The van der Waals surface area contributed by atoms with E-state index in [-0.39, 0.29) is 0 Å². The molecule has 2 heteroatoms. The topological polar surface area (TPSA) is 21.3 Å². The molecule has 0 saturated carbocycles. The molecule has 1 aliphatic heterocycles. The maximum absolute atomic E-state index is 5.69. The quantitative estimate of drug-likeness (QED) is 0.664. The third-order valence-electron chi connectivity index (χ3n) is 3.99. The number of nitrogens with one attached hydrogen (secondary N) is 1. The van der Waals surface area contributed by atoms with Crippen molar-refractivity contribution in [3.05, 3.63) is 0 Å². The molecule has 1 fully saturated rings. The molecule has 0 radical (unpaired) electrons. The van der Waals surface area contributed by atoms with Crippen molar-refractivity contribution in [1.29, 1.82) is 0 Å². The largest absolute Gasteiger partial charge is 0.378 e. The monoisotopic (exact) mass is 241 g/mol. The third-order valence-corrected chi connectivity index (χ3v) is 3.99. The van der Waals surface area contributed by atoms with Gasteiger partial charge in [-0.15, -0.1) is 0 Å². The van der Waals surface area contributed by atoms with Crippen LogP contribution in [0.3, 0.4) is 0 Å². The van der Waals surface area contributed by atoms with Crippen LogP contribution >= 0.6 is 0 Å². The van der Waals surface area contributed by atoms with Gasteiger partial charge in [0.2, 0.25) is 0 Å². The fourth-order valence-electron chi connectivity index (χ4n) is 2.96. The van der Waals surface area contributed by atoms with Crippen molar-refractivity contribution >= 4 is 0 Å². The number of hydrogen-bond donors (Lipinski definition) is 1. The minimum absolute atomic E-state index is 0.489. The molecule has 2 unspecified atom stereocenters. The van der Waals surface area contributed by atoms with E-state index in [1.54, 1.807) is 0 Å². The smallest absolute Gasteiger partial charge is 0.0576 e. The van der Waals surface area contributed by atoms with E-state index < -0.39 is 0 Å². The molecule has 2 nitrogen and oxygen atoms in total. The summed E-state index contributed by atoms with van der Waals surface area (Å²) in [6, 6.07) is 0. The number of ether oxygens (including phenoxy) is 1. The second-order valence-corrected chi connectivity index (χ2v) is 5.87. The average molecular weight is 241 g/mol. The lowest BCUT2D eigenvalue weighted by atomic mass is 9.80. The van der Waals surface area contributed by atoms with E-state index in [1.165, 1.54) is 51.5 Å². The van der Waals surface area contributed by atoms with Crippen molar-refractivity contribution in [3.8, 4) is 0 Å². The molecule has 0 amide bonds. The summed E-state index contributed by atoms with van der Waals surface area (Å²) in [4.78, 5) is 0. The normalized spacial score (nSPS) is 23.8. The molecule has 1 rings (SSSR count). The van der Waals surface area contributed by atoms with Gasteiger partial charge in [-0.3, -0.25) is 0 Å². The molecule has 0 spiro atoms. The number of rotatable bonds is 9. The summed E-state index contributed by atoms with van der Waals surface area (Å²) >= 11 is 0. The predicted molar refractivity (Wildman–Crippen MR) is 74.4 cm³/mol. The fraction of sp³-hybridized carbons (Fsp3) is 1.00. The van der Waals surface area contributed by atoms with Gasteiger partial charge in [0.1, 0.15) is 0 Å². The first-order valence-electron chi connectivity index (χ1n) is 7.52. The first-order valence-corrected chi connectivity index (χ1v) is 7.52. The van der Waals surface area contributed by atoms with Crippen molar-refractivity contribution in [3.63, 3.8) is 0 Å². The molecule has 0 aliphatic carbocycles. The fourth-order valence-corrected chi connectivity index (χ4v) is 2.96. The van der Waals surface area contributed by atoms with Gasteiger partial charge in [-0.2, -0.15) is 0 Å². The molecule has 1 aliphatic rings. The van der Waals surface area contributed by atoms with Gasteiger partial charge in [-0.1, -0.05) is 33.6 Å². The Balaban J connectivity index is 2.21. The van der Waals surface area contributed by atoms with E-state index in [0.717, 1.165) is 13.2 Å². The van der Waals surface area contributed by atoms with E-state index in [2.05, 4.69) is 26.1 Å². The Labute approximate surface area is 108 Å². The summed E-state index contributed by atoms with van der Waals surface area (Å²) in [6.45, 7) is 10.2. The van der Waals surface area contributed by atoms with E-state index in [9.17, 15) is 0 Å². The lowest BCUT2D eigenvalue weighted by Gasteiger charge is -2.30. The molecule has 1 N–H and O–H groups in total. The third kappa shape index (κ3) is 5.87. The van der Waals surface area contributed by atoms with Gasteiger partial charge in [-0.25, -0.2) is 0 Å². The Bertz CT molecular complexity index is 189. The van der Waals surface area contributed by atoms with Crippen LogP contribution in [-0.4, -0.2) is 25.8 Å². The van der Waals surface area contributed by atoms with Crippen LogP contribution in [0.15, 0.2) is 0 Å². The second-order valence-electron chi connectivity index (χ2n) is 5.87. The molecule has 0 aromatic rings. The summed E-state index contributed by atoms with van der Waals surface area (Å²) in [5.74, 6) is 0. The van der Waals surface area contributed by atoms with Crippen LogP contribution in [0.2, 0.25) is 0 Å². The average Bonchev–Trinajstić information content (AvgIpc) is 2.80. The molecule has 1 saturated heterocycles. The standard InChI is InChI=1S/C15H31NO/c1-4-10-15(3,13-16-5-2)11-6-8-14-9-7-12-17-14/h14,16H,4-13H2,1-3H3. The van der Waals surface area contributed by atoms with Gasteiger partial charge >= 0.3 is 0 Å². The van der Waals surface area contributed by atoms with Gasteiger partial charge in [-0.05, 0) is 44.1 Å². The highest BCUT2D eigenvalue weighted by molar-refractivity contribution is 4.77. The van der Waals surface area contributed by atoms with Gasteiger partial charge in [0.25, 0.3) is 0 Å². The van der Waals surface area contributed by atoms with Crippen LogP contribution in [0.5, 0.6) is 0 Å². The van der Waals surface area contributed by atoms with Crippen LogP contribution in [0.1, 0.15) is 65.7 Å². The van der Waals surface area contributed by atoms with Crippen molar-refractivity contribution < 1.29 is 4.74 Å². The Morgan fingerprint density at radius 2 is 2.12 bits per heavy atom. The lowest BCUT2D eigenvalue weighted by molar-refractivity contribution is 0.0973. The van der Waals surface area contributed by atoms with Crippen LogP contribution in [-0.2, 0) is 4.74 Å². The number of hydrogen-bond acceptors (Lipinski definition) is 2. The first kappa shape index (κ1) is 15.0. The summed E-state index contributed by atoms with van der Waals surface area (Å²) in [5.41, 5.74) is 0.489. The summed E-state index contributed by atoms with van der Waals surface area (Å²) < 4.78 is 5.69. The maximum atomic E-state index is 5.69. The minimum atomic E-state index is 0.489. The zero-order valence-corrected chi connectivity index (χ0v) is 12.1. The summed E-state index contributed by atoms with van der Waals surface area (Å²) in [5, 5.41) is 3.52. The van der Waals surface area contributed by atoms with Crippen molar-refractivity contribution in [2.75, 3.05) is 19.7 Å². The first-order chi connectivity index (χ1) is 8.20. The summed E-state index contributed by atoms with van der Waals surface area (Å²) in [6.07, 6.45) is 9.70. The lowest BCUT2D eigenvalue weighted by Crippen LogP contribution is -2.32. The van der Waals surface area contributed by atoms with Gasteiger partial charge in [0.15, 0.2) is 0 Å². The molecule has 0 aromatic carbocycles. The molecule has 17 heavy (non-hydrogen) atoms. The highest BCUT2D eigenvalue weighted by atomic mass is 16.5. The predicted octanol–water partition coefficient (Wildman–Crippen LogP) is 3.75. The van der Waals surface area contributed by atoms with E-state index in [0.29, 0.717) is 11.5 Å². The molecule has 0 bridgehead atoms. The SMILES string of the molecule is CCCC(C)(CCCC1CCCO1)CNCC. The Morgan fingerprint density at radius 3 is 2.71 bits per heavy atom. The van der Waals surface area contributed by atoms with Crippen molar-refractivity contribution in [2.24, 2.45) is 5.41 Å². The molecule has 1 heterocycles. The summed E-state index contributed by atoms with van der Waals surface area (Å²) in [7, 11) is 0. The molecule has 0 aromatic heterocycles. The van der Waals surface area contributed by atoms with Crippen LogP contribution in [0.4, 0.5) is 0 Å². The van der Waals surface area contributed by atoms with Gasteiger partial charge in [0, 0.05) is 13.2 Å². The van der Waals surface area contributed by atoms with E-state index >= 15 is 0 Å². The van der Waals surface area contributed by atoms with E-state index in [4.69, 9.17) is 4.74 Å². The zero-order valence-electron chi connectivity index (χ0n) is 12.1. The van der Waals surface area contributed by atoms with Crippen molar-refractivity contribution in [1.82, 2.24) is 5.32 Å². The van der Waals surface area contributed by atoms with Crippen LogP contribution in [0.25, 0.3) is 0 Å². The van der Waals surface area contributed by atoms with Gasteiger partial charge in [0.05, 0.1) is 6.10 Å². The molecular weight excluding hydrogens is 210 g/mol. The van der Waals surface area contributed by atoms with Crippen molar-refractivity contribution in [2.45, 2.75) is 71.8 Å². The van der Waals surface area contributed by atoms with Crippen LogP contribution < -0.4 is 5.32 Å². The Kier molecular flexibility index (Phi) is 7.14. The Morgan fingerprint density at radius 1 is 1.29 bits per heavy atom. The molecule has 2 atom stereocenters. The minimum Gasteiger partial charge on any atom is -0.378 e. The molecular formula is C15H31NO. The Hall–Kier alpha value is -0.0800. The highest BCUT2D eigenvalue weighted by Crippen LogP contribution is 2.30. The van der Waals surface area contributed by atoms with E-state index in [1.807, 2.05) is 0 Å². The zero-order chi connectivity index (χ0) is 12.6. The maximum Gasteiger partial charge on any atom is 0.0576 e. The molecule has 102 valence electrons.